The Hall–Kier alpha value is -3.50. The van der Waals surface area contributed by atoms with Crippen LogP contribution in [0.5, 0.6) is 0 Å². The molecule has 5 aliphatic carbocycles. The molecule has 0 radical (unpaired) electrons. The van der Waals surface area contributed by atoms with Gasteiger partial charge in [0.2, 0.25) is 0 Å². The zero-order valence-corrected chi connectivity index (χ0v) is 52.1. The topological polar surface area (TPSA) is 424 Å². The number of aldehydes is 1. The van der Waals surface area contributed by atoms with E-state index in [9.17, 15) is 85.6 Å². The van der Waals surface area contributed by atoms with Crippen molar-refractivity contribution in [2.75, 3.05) is 26.4 Å². The molecule has 0 aromatic heterocycles. The smallest absolute Gasteiger partial charge is 0.335 e. The van der Waals surface area contributed by atoms with Crippen LogP contribution in [-0.4, -0.2) is 252 Å². The Bertz CT molecular complexity index is 2680. The molecule has 27 heteroatoms. The summed E-state index contributed by atoms with van der Waals surface area (Å²) in [6.07, 6.45) is -31.0. The van der Waals surface area contributed by atoms with Crippen LogP contribution in [0.4, 0.5) is 0 Å². The van der Waals surface area contributed by atoms with Crippen molar-refractivity contribution in [3.05, 3.63) is 34.9 Å². The Morgan fingerprint density at radius 2 is 1.21 bits per heavy atom. The number of carbonyl (C=O) groups is 4. The van der Waals surface area contributed by atoms with Crippen molar-refractivity contribution in [1.29, 1.82) is 0 Å². The highest BCUT2D eigenvalue weighted by Gasteiger charge is 2.74. The summed E-state index contributed by atoms with van der Waals surface area (Å²) < 4.78 is 60.9. The number of rotatable bonds is 16. The summed E-state index contributed by atoms with van der Waals surface area (Å²) in [6, 6.07) is 0. The molecule has 4 aliphatic heterocycles. The summed E-state index contributed by atoms with van der Waals surface area (Å²) in [6.45, 7) is 15.9. The molecule has 0 aromatic carbocycles. The molecule has 13 N–H and O–H groups in total. The van der Waals surface area contributed by atoms with Crippen molar-refractivity contribution in [2.24, 2.45) is 50.2 Å². The minimum atomic E-state index is -2.28. The first-order valence-corrected chi connectivity index (χ1v) is 31.0. The number of aliphatic hydroxyl groups is 12. The van der Waals surface area contributed by atoms with Crippen molar-refractivity contribution in [3.63, 3.8) is 0 Å². The van der Waals surface area contributed by atoms with Crippen LogP contribution in [0.1, 0.15) is 114 Å². The Morgan fingerprint density at radius 3 is 1.81 bits per heavy atom. The van der Waals surface area contributed by atoms with Crippen molar-refractivity contribution in [2.45, 2.75) is 249 Å². The lowest BCUT2D eigenvalue weighted by Crippen LogP contribution is -2.72. The SMILES string of the molecule is C/C=C(/C)C(=O)O[C@H]1[C@H](OC(=O)/C(C)=C\C)[C@]2(CO)[C@H](O)C[C@]3(C)C(=CC[C@@H]4[C@@]5(C)CC[C@H](O[C@@H]6O[C@H](C(=O)O)[C@@H](O)[C@H](O[C@@H]7OC[C@H](O)[C@H](O)[C@H]7O[C@@H]7OC[C@@H](O)[C@H](O)[C@H]7O)[C@H]6O[C@@H]6O[C@H](CO)[C@H](O)[C@H](O)[C@H]6O)[C@@](C)(C=O)[C@@H]5CC[C@]43C)[C@@H]2CC1(C)C. The van der Waals surface area contributed by atoms with Gasteiger partial charge in [-0.3, -0.25) is 0 Å². The number of hydrogen-bond acceptors (Lipinski definition) is 26. The monoisotopic (exact) mass is 1270 g/mol. The molecular weight excluding hydrogens is 1180 g/mol. The number of carboxylic acid groups (broad SMARTS) is 1. The average molecular weight is 1270 g/mol. The molecule has 30 atom stereocenters. The first-order valence-electron chi connectivity index (χ1n) is 31.0. The number of hydrogen-bond donors (Lipinski definition) is 13. The normalized spacial score (nSPS) is 50.0. The third-order valence-corrected chi connectivity index (χ3v) is 22.9. The highest BCUT2D eigenvalue weighted by molar-refractivity contribution is 5.89. The maximum atomic E-state index is 14.2. The van der Waals surface area contributed by atoms with E-state index in [2.05, 4.69) is 26.8 Å². The lowest BCUT2D eigenvalue weighted by atomic mass is 9.33. The summed E-state index contributed by atoms with van der Waals surface area (Å²) >= 11 is 0. The second-order valence-corrected chi connectivity index (χ2v) is 28.0. The standard InChI is InChI=1S/C62H94O27/c1-11-26(3)51(78)88-48-49(89-52(79)27(4)12-2)62(25-65)29(19-57(48,5)6)28-13-14-34-58(7)17-16-36(59(8,24-64)33(58)15-18-60(34,9)61(28,10)20-35(62)68)83-56-47(87-54-42(74)40(72)39(71)32(21-63)82-54)44(43(75)45(85-56)50(76)77)84-55-46(38(70)31(67)23-81-55)86-53-41(73)37(69)30(66)22-80-53/h11-13,24,29-49,53-56,63,65-75H,14-23,25H2,1-10H3,(H,76,77)/b26-11-,27-12-/t29-,30+,31-,32+,33+,34+,35+,36-,37-,38-,39-,40-,41+,42+,43-,44-,45-,46+,47+,48-,49-,53-,54-,55-,56+,58-,59-,60+,61+,62-/m0/s1. The molecular formula is C62H94O27. The van der Waals surface area contributed by atoms with E-state index >= 15 is 0 Å². The van der Waals surface area contributed by atoms with Gasteiger partial charge in [-0.05, 0) is 107 Å². The lowest BCUT2D eigenvalue weighted by molar-refractivity contribution is -0.398. The molecule has 4 saturated heterocycles. The molecule has 0 unspecified atom stereocenters. The van der Waals surface area contributed by atoms with E-state index in [-0.39, 0.29) is 24.3 Å². The molecule has 27 nitrogen and oxygen atoms in total. The van der Waals surface area contributed by atoms with Crippen LogP contribution >= 0.6 is 0 Å². The molecule has 9 aliphatic rings. The van der Waals surface area contributed by atoms with E-state index in [1.54, 1.807) is 46.8 Å². The van der Waals surface area contributed by atoms with Gasteiger partial charge in [0.1, 0.15) is 91.7 Å². The predicted molar refractivity (Wildman–Crippen MR) is 302 cm³/mol. The fourth-order valence-corrected chi connectivity index (χ4v) is 17.1. The van der Waals surface area contributed by atoms with Crippen LogP contribution in [0.3, 0.4) is 0 Å². The fourth-order valence-electron chi connectivity index (χ4n) is 17.1. The van der Waals surface area contributed by atoms with Crippen LogP contribution in [0.15, 0.2) is 34.9 Å². The van der Waals surface area contributed by atoms with Crippen LogP contribution in [0.2, 0.25) is 0 Å². The van der Waals surface area contributed by atoms with Gasteiger partial charge < -0.3 is 119 Å². The fraction of sp³-hybridized carbons (Fsp3) is 0.839. The quantitative estimate of drug-likeness (QED) is 0.0288. The highest BCUT2D eigenvalue weighted by Crippen LogP contribution is 2.76. The van der Waals surface area contributed by atoms with Crippen LogP contribution in [0, 0.1) is 50.2 Å². The molecule has 0 spiro atoms. The van der Waals surface area contributed by atoms with Crippen molar-refractivity contribution < 1.29 is 133 Å². The molecule has 89 heavy (non-hydrogen) atoms. The lowest BCUT2D eigenvalue weighted by Gasteiger charge is -2.72. The minimum Gasteiger partial charge on any atom is -0.479 e. The van der Waals surface area contributed by atoms with Gasteiger partial charge in [-0.25, -0.2) is 14.4 Å². The van der Waals surface area contributed by atoms with Gasteiger partial charge in [0.25, 0.3) is 0 Å². The van der Waals surface area contributed by atoms with Crippen molar-refractivity contribution in [1.82, 2.24) is 0 Å². The largest absolute Gasteiger partial charge is 0.479 e. The van der Waals surface area contributed by atoms with E-state index in [1.807, 2.05) is 13.8 Å². The third kappa shape index (κ3) is 11.6. The molecule has 0 bridgehead atoms. The maximum absolute atomic E-state index is 14.2. The molecule has 504 valence electrons. The van der Waals surface area contributed by atoms with Gasteiger partial charge in [-0.2, -0.15) is 0 Å². The summed E-state index contributed by atoms with van der Waals surface area (Å²) in [7, 11) is 0. The summed E-state index contributed by atoms with van der Waals surface area (Å²) in [5, 5.41) is 144. The van der Waals surface area contributed by atoms with E-state index < -0.39 is 224 Å². The summed E-state index contributed by atoms with van der Waals surface area (Å²) in [5.74, 6) is -4.31. The van der Waals surface area contributed by atoms with Gasteiger partial charge in [0, 0.05) is 16.6 Å². The van der Waals surface area contributed by atoms with E-state index in [4.69, 9.17) is 47.4 Å². The van der Waals surface area contributed by atoms with Crippen LogP contribution < -0.4 is 0 Å². The molecule has 4 heterocycles. The number of carbonyl (C=O) groups excluding carboxylic acids is 3. The Balaban J connectivity index is 1.06. The second kappa shape index (κ2) is 26.0. The van der Waals surface area contributed by atoms with Crippen LogP contribution in [-0.2, 0) is 66.5 Å². The number of aliphatic hydroxyl groups excluding tert-OH is 12. The van der Waals surface area contributed by atoms with E-state index in [1.165, 1.54) is 0 Å². The van der Waals surface area contributed by atoms with Crippen LogP contribution in [0.25, 0.3) is 0 Å². The zero-order valence-electron chi connectivity index (χ0n) is 52.1. The second-order valence-electron chi connectivity index (χ2n) is 28.0. The number of esters is 2. The predicted octanol–water partition coefficient (Wildman–Crippen LogP) is -1.07. The Morgan fingerprint density at radius 1 is 0.629 bits per heavy atom. The molecule has 9 rings (SSSR count). The van der Waals surface area contributed by atoms with Crippen molar-refractivity contribution >= 4 is 24.2 Å². The number of aliphatic carboxylic acids is 1. The van der Waals surface area contributed by atoms with Gasteiger partial charge in [0.05, 0.1) is 49.5 Å². The summed E-state index contributed by atoms with van der Waals surface area (Å²) in [4.78, 5) is 54.9. The number of fused-ring (bicyclic) bond motifs is 7. The van der Waals surface area contributed by atoms with E-state index in [0.29, 0.717) is 37.7 Å². The first kappa shape index (κ1) is 69.8. The molecule has 4 saturated carbocycles. The first-order chi connectivity index (χ1) is 41.7. The number of allylic oxidation sites excluding steroid dienone is 4. The average Bonchev–Trinajstić information content (AvgIpc) is 0.672. The zero-order chi connectivity index (χ0) is 65.6. The summed E-state index contributed by atoms with van der Waals surface area (Å²) in [5.41, 5.74) is -4.29. The Labute approximate surface area is 516 Å². The third-order valence-electron chi connectivity index (χ3n) is 22.9. The minimum absolute atomic E-state index is 0.106. The van der Waals surface area contributed by atoms with E-state index in [0.717, 1.165) is 11.9 Å². The van der Waals surface area contributed by atoms with Gasteiger partial charge in [-0.15, -0.1) is 0 Å². The molecule has 0 aromatic rings. The highest BCUT2D eigenvalue weighted by atomic mass is 16.8. The molecule has 8 fully saturated rings. The Kier molecular flexibility index (Phi) is 20.4. The maximum Gasteiger partial charge on any atom is 0.335 e. The number of carboxylic acids is 1. The van der Waals surface area contributed by atoms with Gasteiger partial charge in [-0.1, -0.05) is 65.3 Å². The van der Waals surface area contributed by atoms with Crippen molar-refractivity contribution in [3.8, 4) is 0 Å². The van der Waals surface area contributed by atoms with Gasteiger partial charge in [0.15, 0.2) is 37.4 Å². The molecule has 0 amide bonds. The van der Waals surface area contributed by atoms with Gasteiger partial charge >= 0.3 is 17.9 Å². The number of ether oxygens (including phenoxy) is 10.